The predicted molar refractivity (Wildman–Crippen MR) is 41.1 cm³/mol. The normalized spacial score (nSPS) is 23.3. The van der Waals surface area contributed by atoms with E-state index in [1.807, 2.05) is 0 Å². The SMILES string of the molecule is CC(=O)C1(N)CCC(=O)CC1. The molecular weight excluding hydrogens is 142 g/mol. The topological polar surface area (TPSA) is 60.2 Å². The lowest BCUT2D eigenvalue weighted by Crippen LogP contribution is -2.49. The Kier molecular flexibility index (Phi) is 2.09. The van der Waals surface area contributed by atoms with Crippen molar-refractivity contribution in [2.24, 2.45) is 5.73 Å². The highest BCUT2D eigenvalue weighted by Crippen LogP contribution is 2.24. The summed E-state index contributed by atoms with van der Waals surface area (Å²) < 4.78 is 0. The first-order valence-corrected chi connectivity index (χ1v) is 3.86. The molecular formula is C8H13NO2. The van der Waals surface area contributed by atoms with Gasteiger partial charge in [-0.3, -0.25) is 9.59 Å². The van der Waals surface area contributed by atoms with Crippen molar-refractivity contribution in [2.45, 2.75) is 38.1 Å². The van der Waals surface area contributed by atoms with Gasteiger partial charge in [-0.05, 0) is 19.8 Å². The molecule has 1 aliphatic carbocycles. The number of carbonyl (C=O) groups excluding carboxylic acids is 2. The number of Topliss-reactive ketones (excluding diaryl/α,β-unsaturated/α-hetero) is 2. The van der Waals surface area contributed by atoms with Gasteiger partial charge in [0, 0.05) is 12.8 Å². The van der Waals surface area contributed by atoms with Gasteiger partial charge in [0.25, 0.3) is 0 Å². The Morgan fingerprint density at radius 3 is 2.27 bits per heavy atom. The average molecular weight is 155 g/mol. The zero-order valence-electron chi connectivity index (χ0n) is 6.72. The van der Waals surface area contributed by atoms with Crippen LogP contribution in [0.1, 0.15) is 32.6 Å². The first-order chi connectivity index (χ1) is 5.04. The van der Waals surface area contributed by atoms with Crippen molar-refractivity contribution in [3.05, 3.63) is 0 Å². The minimum atomic E-state index is -0.700. The molecule has 0 atom stereocenters. The van der Waals surface area contributed by atoms with Gasteiger partial charge < -0.3 is 5.73 Å². The Morgan fingerprint density at radius 2 is 1.91 bits per heavy atom. The maximum Gasteiger partial charge on any atom is 0.149 e. The number of hydrogen-bond donors (Lipinski definition) is 1. The summed E-state index contributed by atoms with van der Waals surface area (Å²) in [4.78, 5) is 21.8. The Balaban J connectivity index is 2.62. The second-order valence-corrected chi connectivity index (χ2v) is 3.25. The average Bonchev–Trinajstić information content (AvgIpc) is 1.95. The predicted octanol–water partition coefficient (Wildman–Crippen LogP) is 0.416. The zero-order chi connectivity index (χ0) is 8.48. The van der Waals surface area contributed by atoms with Crippen LogP contribution >= 0.6 is 0 Å². The van der Waals surface area contributed by atoms with E-state index in [2.05, 4.69) is 0 Å². The summed E-state index contributed by atoms with van der Waals surface area (Å²) in [5.74, 6) is 0.234. The van der Waals surface area contributed by atoms with Gasteiger partial charge in [-0.1, -0.05) is 0 Å². The van der Waals surface area contributed by atoms with Gasteiger partial charge >= 0.3 is 0 Å². The monoisotopic (exact) mass is 155 g/mol. The fourth-order valence-electron chi connectivity index (χ4n) is 1.33. The molecule has 0 saturated heterocycles. The van der Waals surface area contributed by atoms with Crippen LogP contribution in [0.3, 0.4) is 0 Å². The molecule has 0 amide bonds. The molecule has 2 N–H and O–H groups in total. The van der Waals surface area contributed by atoms with Crippen LogP contribution < -0.4 is 5.73 Å². The Labute approximate surface area is 66.0 Å². The van der Waals surface area contributed by atoms with Crippen molar-refractivity contribution >= 4 is 11.6 Å². The van der Waals surface area contributed by atoms with Crippen molar-refractivity contribution in [2.75, 3.05) is 0 Å². The number of rotatable bonds is 1. The third-order valence-corrected chi connectivity index (χ3v) is 2.40. The van der Waals surface area contributed by atoms with Crippen LogP contribution in [-0.4, -0.2) is 17.1 Å². The summed E-state index contributed by atoms with van der Waals surface area (Å²) in [6, 6.07) is 0. The van der Waals surface area contributed by atoms with E-state index in [-0.39, 0.29) is 11.6 Å². The summed E-state index contributed by atoms with van der Waals surface area (Å²) in [7, 11) is 0. The molecule has 0 heterocycles. The third-order valence-electron chi connectivity index (χ3n) is 2.40. The van der Waals surface area contributed by atoms with Gasteiger partial charge in [0.15, 0.2) is 0 Å². The molecule has 0 aromatic heterocycles. The number of nitrogens with two attached hydrogens (primary N) is 1. The van der Waals surface area contributed by atoms with Gasteiger partial charge in [-0.25, -0.2) is 0 Å². The van der Waals surface area contributed by atoms with Crippen molar-refractivity contribution in [3.8, 4) is 0 Å². The molecule has 0 aromatic rings. The van der Waals surface area contributed by atoms with E-state index in [4.69, 9.17) is 5.73 Å². The summed E-state index contributed by atoms with van der Waals surface area (Å²) >= 11 is 0. The zero-order valence-corrected chi connectivity index (χ0v) is 6.72. The molecule has 3 heteroatoms. The fourth-order valence-corrected chi connectivity index (χ4v) is 1.33. The van der Waals surface area contributed by atoms with E-state index in [0.29, 0.717) is 25.7 Å². The second kappa shape index (κ2) is 2.74. The molecule has 62 valence electrons. The number of ketones is 2. The lowest BCUT2D eigenvalue weighted by atomic mass is 9.79. The molecule has 1 fully saturated rings. The van der Waals surface area contributed by atoms with Crippen molar-refractivity contribution in [1.29, 1.82) is 0 Å². The molecule has 1 rings (SSSR count). The molecule has 11 heavy (non-hydrogen) atoms. The van der Waals surface area contributed by atoms with Gasteiger partial charge in [0.2, 0.25) is 0 Å². The van der Waals surface area contributed by atoms with Crippen LogP contribution in [0, 0.1) is 0 Å². The second-order valence-electron chi connectivity index (χ2n) is 3.25. The standard InChI is InChI=1S/C8H13NO2/c1-6(10)8(9)4-2-7(11)3-5-8/h2-5,9H2,1H3. The molecule has 0 aromatic carbocycles. The summed E-state index contributed by atoms with van der Waals surface area (Å²) in [5, 5.41) is 0. The molecule has 3 nitrogen and oxygen atoms in total. The quantitative estimate of drug-likeness (QED) is 0.596. The van der Waals surface area contributed by atoms with Gasteiger partial charge in [0.05, 0.1) is 5.54 Å². The molecule has 0 bridgehead atoms. The lowest BCUT2D eigenvalue weighted by Gasteiger charge is -2.29. The first kappa shape index (κ1) is 8.40. The molecule has 0 spiro atoms. The highest BCUT2D eigenvalue weighted by Gasteiger charge is 2.34. The summed E-state index contributed by atoms with van der Waals surface area (Å²) in [5.41, 5.74) is 5.06. The Morgan fingerprint density at radius 1 is 1.45 bits per heavy atom. The van der Waals surface area contributed by atoms with E-state index in [9.17, 15) is 9.59 Å². The van der Waals surface area contributed by atoms with E-state index in [0.717, 1.165) is 0 Å². The third kappa shape index (κ3) is 1.66. The summed E-state index contributed by atoms with van der Waals surface area (Å²) in [6.07, 6.45) is 1.99. The van der Waals surface area contributed by atoms with E-state index in [1.54, 1.807) is 0 Å². The molecule has 0 radical (unpaired) electrons. The lowest BCUT2D eigenvalue weighted by molar-refractivity contribution is -0.127. The van der Waals surface area contributed by atoms with Crippen LogP contribution in [0.15, 0.2) is 0 Å². The van der Waals surface area contributed by atoms with Crippen LogP contribution in [0.5, 0.6) is 0 Å². The van der Waals surface area contributed by atoms with E-state index < -0.39 is 5.54 Å². The fraction of sp³-hybridized carbons (Fsp3) is 0.750. The molecule has 0 aliphatic heterocycles. The highest BCUT2D eigenvalue weighted by molar-refractivity contribution is 5.89. The maximum atomic E-state index is 11.0. The smallest absolute Gasteiger partial charge is 0.149 e. The van der Waals surface area contributed by atoms with Crippen LogP contribution in [0.4, 0.5) is 0 Å². The molecule has 1 aliphatic rings. The van der Waals surface area contributed by atoms with Crippen LogP contribution in [0.25, 0.3) is 0 Å². The maximum absolute atomic E-state index is 11.0. The van der Waals surface area contributed by atoms with Crippen LogP contribution in [-0.2, 0) is 9.59 Å². The Bertz CT molecular complexity index is 188. The van der Waals surface area contributed by atoms with Gasteiger partial charge in [-0.2, -0.15) is 0 Å². The molecule has 0 unspecified atom stereocenters. The number of carbonyl (C=O) groups is 2. The minimum absolute atomic E-state index is 0.00463. The van der Waals surface area contributed by atoms with Gasteiger partial charge in [0.1, 0.15) is 11.6 Å². The van der Waals surface area contributed by atoms with E-state index >= 15 is 0 Å². The highest BCUT2D eigenvalue weighted by atomic mass is 16.1. The first-order valence-electron chi connectivity index (χ1n) is 3.86. The summed E-state index contributed by atoms with van der Waals surface area (Å²) in [6.45, 7) is 1.50. The van der Waals surface area contributed by atoms with E-state index in [1.165, 1.54) is 6.92 Å². The Hall–Kier alpha value is -0.700. The van der Waals surface area contributed by atoms with Gasteiger partial charge in [-0.15, -0.1) is 0 Å². The van der Waals surface area contributed by atoms with Crippen molar-refractivity contribution in [1.82, 2.24) is 0 Å². The van der Waals surface area contributed by atoms with Crippen molar-refractivity contribution < 1.29 is 9.59 Å². The number of hydrogen-bond acceptors (Lipinski definition) is 3. The largest absolute Gasteiger partial charge is 0.319 e. The minimum Gasteiger partial charge on any atom is -0.319 e. The van der Waals surface area contributed by atoms with Crippen LogP contribution in [0.2, 0.25) is 0 Å². The van der Waals surface area contributed by atoms with Crippen molar-refractivity contribution in [3.63, 3.8) is 0 Å². The molecule has 1 saturated carbocycles.